The lowest BCUT2D eigenvalue weighted by molar-refractivity contribution is -0.0898. The molecule has 4 heteroatoms. The molecule has 2 atom stereocenters. The lowest BCUT2D eigenvalue weighted by Gasteiger charge is -2.35. The second kappa shape index (κ2) is 6.53. The van der Waals surface area contributed by atoms with Crippen LogP contribution >= 0.6 is 11.6 Å². The van der Waals surface area contributed by atoms with E-state index in [1.165, 1.54) is 0 Å². The molecule has 1 aliphatic rings. The summed E-state index contributed by atoms with van der Waals surface area (Å²) in [5.74, 6) is 0. The summed E-state index contributed by atoms with van der Waals surface area (Å²) in [7, 11) is 0. The van der Waals surface area contributed by atoms with Crippen molar-refractivity contribution in [1.29, 1.82) is 0 Å². The Bertz CT molecular complexity index is 384. The maximum Gasteiger partial charge on any atom is 0.108 e. The van der Waals surface area contributed by atoms with Crippen LogP contribution in [-0.4, -0.2) is 42.4 Å². The lowest BCUT2D eigenvalue weighted by atomic mass is 10.0. The molecule has 1 saturated heterocycles. The van der Waals surface area contributed by atoms with Crippen LogP contribution in [0.15, 0.2) is 24.3 Å². The summed E-state index contributed by atoms with van der Waals surface area (Å²) in [5, 5.41) is 11.0. The summed E-state index contributed by atoms with van der Waals surface area (Å²) in [6, 6.07) is 7.41. The summed E-state index contributed by atoms with van der Waals surface area (Å²) in [4.78, 5) is 2.33. The summed E-state index contributed by atoms with van der Waals surface area (Å²) in [5.41, 5.74) is 0.752. The third kappa shape index (κ3) is 3.23. The molecule has 1 heterocycles. The second-order valence-corrected chi connectivity index (χ2v) is 5.08. The van der Waals surface area contributed by atoms with Gasteiger partial charge in [-0.3, -0.25) is 4.90 Å². The van der Waals surface area contributed by atoms with E-state index in [0.29, 0.717) is 11.6 Å². The molecule has 3 nitrogen and oxygen atoms in total. The summed E-state index contributed by atoms with van der Waals surface area (Å²) in [6.45, 7) is 5.59. The Morgan fingerprint density at radius 3 is 3.00 bits per heavy atom. The fourth-order valence-electron chi connectivity index (χ4n) is 2.36. The van der Waals surface area contributed by atoms with E-state index < -0.39 is 6.10 Å². The van der Waals surface area contributed by atoms with Gasteiger partial charge in [-0.15, -0.1) is 0 Å². The second-order valence-electron chi connectivity index (χ2n) is 4.68. The van der Waals surface area contributed by atoms with Crippen molar-refractivity contribution in [1.82, 2.24) is 4.90 Å². The minimum atomic E-state index is -0.654. The number of halogens is 1. The number of aliphatic hydroxyl groups is 1. The van der Waals surface area contributed by atoms with E-state index in [9.17, 15) is 5.11 Å². The van der Waals surface area contributed by atoms with Crippen LogP contribution in [0.25, 0.3) is 0 Å². The maximum absolute atomic E-state index is 10.4. The summed E-state index contributed by atoms with van der Waals surface area (Å²) >= 11 is 6.11. The molecule has 2 rings (SSSR count). The molecule has 0 aromatic heterocycles. The highest BCUT2D eigenvalue weighted by Gasteiger charge is 2.28. The van der Waals surface area contributed by atoms with E-state index in [4.69, 9.17) is 16.3 Å². The van der Waals surface area contributed by atoms with Gasteiger partial charge in [0.2, 0.25) is 0 Å². The minimum absolute atomic E-state index is 0.190. The van der Waals surface area contributed by atoms with Crippen molar-refractivity contribution in [2.45, 2.75) is 25.6 Å². The fraction of sp³-hybridized carbons (Fsp3) is 0.571. The van der Waals surface area contributed by atoms with Gasteiger partial charge < -0.3 is 9.84 Å². The maximum atomic E-state index is 10.4. The van der Waals surface area contributed by atoms with Crippen LogP contribution in [0.1, 0.15) is 25.0 Å². The smallest absolute Gasteiger partial charge is 0.108 e. The fourth-order valence-corrected chi connectivity index (χ4v) is 2.60. The SMILES string of the molecule is CCCN1CCOC(C(O)c2ccccc2Cl)C1. The molecule has 1 fully saturated rings. The highest BCUT2D eigenvalue weighted by molar-refractivity contribution is 6.31. The number of ether oxygens (including phenoxy) is 1. The van der Waals surface area contributed by atoms with E-state index in [-0.39, 0.29) is 6.10 Å². The molecule has 1 N–H and O–H groups in total. The zero-order valence-corrected chi connectivity index (χ0v) is 11.4. The molecular weight excluding hydrogens is 250 g/mol. The average Bonchev–Trinajstić information content (AvgIpc) is 2.39. The first-order valence-corrected chi connectivity index (χ1v) is 6.86. The third-order valence-corrected chi connectivity index (χ3v) is 3.64. The average molecular weight is 270 g/mol. The number of benzene rings is 1. The van der Waals surface area contributed by atoms with Gasteiger partial charge in [-0.2, -0.15) is 0 Å². The number of aliphatic hydroxyl groups excluding tert-OH is 1. The zero-order valence-electron chi connectivity index (χ0n) is 10.7. The van der Waals surface area contributed by atoms with Crippen LogP contribution < -0.4 is 0 Å². The molecule has 1 aromatic rings. The third-order valence-electron chi connectivity index (χ3n) is 3.29. The van der Waals surface area contributed by atoms with Gasteiger partial charge in [0.25, 0.3) is 0 Å². The molecule has 1 aromatic carbocycles. The van der Waals surface area contributed by atoms with Crippen molar-refractivity contribution < 1.29 is 9.84 Å². The van der Waals surface area contributed by atoms with Crippen LogP contribution in [0.5, 0.6) is 0 Å². The van der Waals surface area contributed by atoms with Crippen molar-refractivity contribution in [3.05, 3.63) is 34.9 Å². The molecule has 0 radical (unpaired) electrons. The predicted octanol–water partition coefficient (Wildman–Crippen LogP) is 2.48. The van der Waals surface area contributed by atoms with E-state index in [2.05, 4.69) is 11.8 Å². The van der Waals surface area contributed by atoms with Crippen LogP contribution in [0.4, 0.5) is 0 Å². The first-order chi connectivity index (χ1) is 8.72. The molecule has 0 aliphatic carbocycles. The van der Waals surface area contributed by atoms with Gasteiger partial charge in [0.1, 0.15) is 12.2 Å². The topological polar surface area (TPSA) is 32.7 Å². The Labute approximate surface area is 113 Å². The van der Waals surface area contributed by atoms with Gasteiger partial charge in [0.05, 0.1) is 6.61 Å². The molecule has 0 saturated carbocycles. The Balaban J connectivity index is 2.04. The zero-order chi connectivity index (χ0) is 13.0. The van der Waals surface area contributed by atoms with Crippen LogP contribution in [-0.2, 0) is 4.74 Å². The molecule has 0 bridgehead atoms. The highest BCUT2D eigenvalue weighted by atomic mass is 35.5. The quantitative estimate of drug-likeness (QED) is 0.912. The van der Waals surface area contributed by atoms with E-state index in [1.54, 1.807) is 6.07 Å². The molecule has 2 unspecified atom stereocenters. The molecule has 0 amide bonds. The van der Waals surface area contributed by atoms with E-state index in [0.717, 1.165) is 31.6 Å². The first kappa shape index (κ1) is 13.8. The Kier molecular flexibility index (Phi) is 5.01. The summed E-state index contributed by atoms with van der Waals surface area (Å²) in [6.07, 6.45) is 0.276. The standard InChI is InChI=1S/C14H20ClNO2/c1-2-7-16-8-9-18-13(10-16)14(17)11-5-3-4-6-12(11)15/h3-6,13-14,17H,2,7-10H2,1H3. The molecule has 18 heavy (non-hydrogen) atoms. The normalized spacial score (nSPS) is 22.9. The Morgan fingerprint density at radius 2 is 2.28 bits per heavy atom. The van der Waals surface area contributed by atoms with Crippen molar-refractivity contribution in [2.75, 3.05) is 26.2 Å². The number of nitrogens with zero attached hydrogens (tertiary/aromatic N) is 1. The lowest BCUT2D eigenvalue weighted by Crippen LogP contribution is -2.45. The van der Waals surface area contributed by atoms with E-state index >= 15 is 0 Å². The molecule has 100 valence electrons. The first-order valence-electron chi connectivity index (χ1n) is 6.48. The van der Waals surface area contributed by atoms with Crippen molar-refractivity contribution in [2.24, 2.45) is 0 Å². The van der Waals surface area contributed by atoms with Gasteiger partial charge in [-0.25, -0.2) is 0 Å². The number of hydrogen-bond acceptors (Lipinski definition) is 3. The number of rotatable bonds is 4. The van der Waals surface area contributed by atoms with Crippen LogP contribution in [0, 0.1) is 0 Å². The minimum Gasteiger partial charge on any atom is -0.386 e. The number of morpholine rings is 1. The molecular formula is C14H20ClNO2. The van der Waals surface area contributed by atoms with Gasteiger partial charge >= 0.3 is 0 Å². The van der Waals surface area contributed by atoms with Crippen LogP contribution in [0.3, 0.4) is 0 Å². The van der Waals surface area contributed by atoms with Gasteiger partial charge in [-0.1, -0.05) is 36.7 Å². The predicted molar refractivity (Wildman–Crippen MR) is 72.9 cm³/mol. The monoisotopic (exact) mass is 269 g/mol. The van der Waals surface area contributed by atoms with Gasteiger partial charge in [0.15, 0.2) is 0 Å². The largest absolute Gasteiger partial charge is 0.386 e. The van der Waals surface area contributed by atoms with E-state index in [1.807, 2.05) is 18.2 Å². The van der Waals surface area contributed by atoms with Crippen molar-refractivity contribution in [3.63, 3.8) is 0 Å². The van der Waals surface area contributed by atoms with Crippen molar-refractivity contribution >= 4 is 11.6 Å². The molecule has 0 spiro atoms. The van der Waals surface area contributed by atoms with Crippen LogP contribution in [0.2, 0.25) is 5.02 Å². The highest BCUT2D eigenvalue weighted by Crippen LogP contribution is 2.27. The van der Waals surface area contributed by atoms with Gasteiger partial charge in [-0.05, 0) is 19.0 Å². The molecule has 1 aliphatic heterocycles. The van der Waals surface area contributed by atoms with Crippen molar-refractivity contribution in [3.8, 4) is 0 Å². The summed E-state index contributed by atoms with van der Waals surface area (Å²) < 4.78 is 5.68. The van der Waals surface area contributed by atoms with Gasteiger partial charge in [0, 0.05) is 23.7 Å². The Hall–Kier alpha value is -0.610. The Morgan fingerprint density at radius 1 is 1.50 bits per heavy atom. The number of hydrogen-bond donors (Lipinski definition) is 1.